The molecule has 0 atom stereocenters. The zero-order chi connectivity index (χ0) is 24.7. The molecule has 0 fully saturated rings. The highest BCUT2D eigenvalue weighted by Crippen LogP contribution is 2.28. The standard InChI is InChI=1S/C23H25N5O5S/c1-13-4-6-14(7-5-13)11-25-18(29)12-34-23-27-20(24)19(22(31)28-23)26-21(30)15-8-9-16(32-2)17(10-15)33-3/h4-10H,11-12H2,1-3H3,(H,25,29)(H,26,30)(H3,24,27,28,31). The van der Waals surface area contributed by atoms with E-state index in [0.717, 1.165) is 22.9 Å². The average molecular weight is 484 g/mol. The zero-order valence-corrected chi connectivity index (χ0v) is 19.7. The molecule has 2 amide bonds. The maximum Gasteiger partial charge on any atom is 0.277 e. The second-order valence-electron chi connectivity index (χ2n) is 7.21. The highest BCUT2D eigenvalue weighted by atomic mass is 32.2. The molecule has 34 heavy (non-hydrogen) atoms. The summed E-state index contributed by atoms with van der Waals surface area (Å²) in [5, 5.41) is 5.43. The van der Waals surface area contributed by atoms with Crippen LogP contribution in [0.2, 0.25) is 0 Å². The summed E-state index contributed by atoms with van der Waals surface area (Å²) in [7, 11) is 2.93. The van der Waals surface area contributed by atoms with Gasteiger partial charge in [-0.2, -0.15) is 0 Å². The van der Waals surface area contributed by atoms with Crippen LogP contribution in [0.5, 0.6) is 11.5 Å². The van der Waals surface area contributed by atoms with Crippen molar-refractivity contribution < 1.29 is 19.1 Å². The van der Waals surface area contributed by atoms with Gasteiger partial charge in [0.2, 0.25) is 5.91 Å². The van der Waals surface area contributed by atoms with Crippen molar-refractivity contribution in [3.63, 3.8) is 0 Å². The number of thioether (sulfide) groups is 1. The zero-order valence-electron chi connectivity index (χ0n) is 18.9. The Morgan fingerprint density at radius 3 is 2.44 bits per heavy atom. The number of hydrogen-bond donors (Lipinski definition) is 4. The number of methoxy groups -OCH3 is 2. The van der Waals surface area contributed by atoms with Crippen LogP contribution in [0.25, 0.3) is 0 Å². The highest BCUT2D eigenvalue weighted by Gasteiger charge is 2.16. The molecular formula is C23H25N5O5S. The number of nitrogens with two attached hydrogens (primary N) is 1. The normalized spacial score (nSPS) is 10.4. The van der Waals surface area contributed by atoms with E-state index in [0.29, 0.717) is 18.0 Å². The maximum atomic E-state index is 12.6. The lowest BCUT2D eigenvalue weighted by molar-refractivity contribution is -0.118. The SMILES string of the molecule is COc1ccc(C(=O)Nc2c(N)nc(SCC(=O)NCc3ccc(C)cc3)[nH]c2=O)cc1OC. The van der Waals surface area contributed by atoms with Crippen molar-refractivity contribution in [3.8, 4) is 11.5 Å². The molecule has 0 saturated heterocycles. The molecule has 0 aliphatic heterocycles. The second kappa shape index (κ2) is 11.2. The summed E-state index contributed by atoms with van der Waals surface area (Å²) in [6, 6.07) is 12.4. The molecule has 10 nitrogen and oxygen atoms in total. The van der Waals surface area contributed by atoms with Gasteiger partial charge in [0, 0.05) is 12.1 Å². The third kappa shape index (κ3) is 6.29. The minimum absolute atomic E-state index is 0.0333. The van der Waals surface area contributed by atoms with E-state index in [4.69, 9.17) is 15.2 Å². The first-order chi connectivity index (χ1) is 16.3. The number of H-pyrrole nitrogens is 1. The summed E-state index contributed by atoms with van der Waals surface area (Å²) in [6.07, 6.45) is 0. The molecule has 178 valence electrons. The maximum absolute atomic E-state index is 12.6. The van der Waals surface area contributed by atoms with Gasteiger partial charge in [0.05, 0.1) is 20.0 Å². The lowest BCUT2D eigenvalue weighted by Gasteiger charge is -2.11. The van der Waals surface area contributed by atoms with E-state index in [1.54, 1.807) is 6.07 Å². The smallest absolute Gasteiger partial charge is 0.277 e. The number of nitrogens with one attached hydrogen (secondary N) is 3. The Kier molecular flexibility index (Phi) is 8.14. The molecule has 1 aromatic heterocycles. The van der Waals surface area contributed by atoms with E-state index < -0.39 is 11.5 Å². The van der Waals surface area contributed by atoms with Crippen molar-refractivity contribution in [1.82, 2.24) is 15.3 Å². The Hall–Kier alpha value is -3.99. The Labute approximate surface area is 200 Å². The number of nitrogen functional groups attached to an aromatic ring is 1. The summed E-state index contributed by atoms with van der Waals surface area (Å²) in [5.74, 6) is -0.107. The molecule has 0 unspecified atom stereocenters. The predicted octanol–water partition coefficient (Wildman–Crippen LogP) is 2.34. The van der Waals surface area contributed by atoms with Gasteiger partial charge in [0.1, 0.15) is 5.69 Å². The fourth-order valence-corrected chi connectivity index (χ4v) is 3.61. The van der Waals surface area contributed by atoms with Crippen molar-refractivity contribution in [2.75, 3.05) is 31.0 Å². The van der Waals surface area contributed by atoms with Gasteiger partial charge in [-0.3, -0.25) is 19.4 Å². The summed E-state index contributed by atoms with van der Waals surface area (Å²) in [6.45, 7) is 2.39. The fraction of sp³-hybridized carbons (Fsp3) is 0.217. The molecule has 0 radical (unpaired) electrons. The van der Waals surface area contributed by atoms with E-state index in [-0.39, 0.29) is 33.9 Å². The average Bonchev–Trinajstić information content (AvgIpc) is 2.84. The van der Waals surface area contributed by atoms with E-state index >= 15 is 0 Å². The van der Waals surface area contributed by atoms with Crippen LogP contribution in [0.15, 0.2) is 52.4 Å². The largest absolute Gasteiger partial charge is 0.493 e. The van der Waals surface area contributed by atoms with Gasteiger partial charge >= 0.3 is 0 Å². The highest BCUT2D eigenvalue weighted by molar-refractivity contribution is 7.99. The topological polar surface area (TPSA) is 148 Å². The number of anilines is 2. The number of aromatic amines is 1. The van der Waals surface area contributed by atoms with Gasteiger partial charge in [0.15, 0.2) is 22.5 Å². The van der Waals surface area contributed by atoms with Crippen LogP contribution in [-0.2, 0) is 11.3 Å². The number of carbonyl (C=O) groups is 2. The Bertz CT molecular complexity index is 1240. The van der Waals surface area contributed by atoms with Gasteiger partial charge in [-0.25, -0.2) is 4.98 Å². The van der Waals surface area contributed by atoms with Gasteiger partial charge in [-0.05, 0) is 30.7 Å². The van der Waals surface area contributed by atoms with Crippen LogP contribution >= 0.6 is 11.8 Å². The van der Waals surface area contributed by atoms with Gasteiger partial charge in [0.25, 0.3) is 11.5 Å². The molecular weight excluding hydrogens is 458 g/mol. The number of aryl methyl sites for hydroxylation is 1. The Morgan fingerprint density at radius 2 is 1.79 bits per heavy atom. The van der Waals surface area contributed by atoms with E-state index in [1.165, 1.54) is 26.4 Å². The molecule has 0 bridgehead atoms. The monoisotopic (exact) mass is 483 g/mol. The summed E-state index contributed by atoms with van der Waals surface area (Å²) >= 11 is 1.03. The van der Waals surface area contributed by atoms with Crippen LogP contribution in [-0.4, -0.2) is 41.8 Å². The van der Waals surface area contributed by atoms with E-state index in [9.17, 15) is 14.4 Å². The van der Waals surface area contributed by atoms with E-state index in [1.807, 2.05) is 31.2 Å². The number of hydrogen-bond acceptors (Lipinski definition) is 8. The summed E-state index contributed by atoms with van der Waals surface area (Å²) in [4.78, 5) is 43.8. The van der Waals surface area contributed by atoms with Crippen LogP contribution in [0.1, 0.15) is 21.5 Å². The number of benzene rings is 2. The Balaban J connectivity index is 1.61. The van der Waals surface area contributed by atoms with Crippen molar-refractivity contribution in [3.05, 3.63) is 69.5 Å². The van der Waals surface area contributed by atoms with Gasteiger partial charge < -0.3 is 25.8 Å². The lowest BCUT2D eigenvalue weighted by atomic mass is 10.1. The molecule has 3 rings (SSSR count). The minimum atomic E-state index is -0.635. The van der Waals surface area contributed by atoms with Gasteiger partial charge in [-0.15, -0.1) is 0 Å². The molecule has 3 aromatic rings. The van der Waals surface area contributed by atoms with Crippen molar-refractivity contribution in [2.24, 2.45) is 0 Å². The minimum Gasteiger partial charge on any atom is -0.493 e. The number of aromatic nitrogens is 2. The molecule has 11 heteroatoms. The van der Waals surface area contributed by atoms with Crippen molar-refractivity contribution in [2.45, 2.75) is 18.6 Å². The molecule has 5 N–H and O–H groups in total. The number of nitrogens with zero attached hydrogens (tertiary/aromatic N) is 1. The molecule has 0 aliphatic rings. The van der Waals surface area contributed by atoms with Crippen LogP contribution in [0.3, 0.4) is 0 Å². The number of ether oxygens (including phenoxy) is 2. The van der Waals surface area contributed by atoms with Crippen LogP contribution in [0.4, 0.5) is 11.5 Å². The molecule has 1 heterocycles. The first-order valence-corrected chi connectivity index (χ1v) is 11.2. The Morgan fingerprint density at radius 1 is 1.09 bits per heavy atom. The lowest BCUT2D eigenvalue weighted by Crippen LogP contribution is -2.25. The number of carbonyl (C=O) groups excluding carboxylic acids is 2. The first kappa shape index (κ1) is 24.6. The van der Waals surface area contributed by atoms with Crippen molar-refractivity contribution >= 4 is 35.1 Å². The molecule has 2 aromatic carbocycles. The predicted molar refractivity (Wildman–Crippen MR) is 131 cm³/mol. The van der Waals surface area contributed by atoms with Gasteiger partial charge in [-0.1, -0.05) is 41.6 Å². The molecule has 0 saturated carbocycles. The number of rotatable bonds is 9. The summed E-state index contributed by atoms with van der Waals surface area (Å²) < 4.78 is 10.3. The molecule has 0 spiro atoms. The second-order valence-corrected chi connectivity index (χ2v) is 8.17. The third-order valence-electron chi connectivity index (χ3n) is 4.76. The number of amides is 2. The first-order valence-electron chi connectivity index (χ1n) is 10.2. The quantitative estimate of drug-likeness (QED) is 0.268. The van der Waals surface area contributed by atoms with Crippen LogP contribution < -0.4 is 31.4 Å². The van der Waals surface area contributed by atoms with Crippen LogP contribution in [0, 0.1) is 6.92 Å². The summed E-state index contributed by atoms with van der Waals surface area (Å²) in [5.41, 5.74) is 7.43. The fourth-order valence-electron chi connectivity index (χ4n) is 2.91. The van der Waals surface area contributed by atoms with E-state index in [2.05, 4.69) is 20.6 Å². The molecule has 0 aliphatic carbocycles. The van der Waals surface area contributed by atoms with Crippen molar-refractivity contribution in [1.29, 1.82) is 0 Å². The third-order valence-corrected chi connectivity index (χ3v) is 5.63.